The normalized spacial score (nSPS) is 16.5. The summed E-state index contributed by atoms with van der Waals surface area (Å²) in [6.45, 7) is 2.86. The average molecular weight is 374 g/mol. The lowest BCUT2D eigenvalue weighted by atomic mass is 10.1. The SMILES string of the molecule is CN(Cc1cccc(-c2ncnc(NC3CCCNC3)n2)c1)c1ccccc1. The fourth-order valence-corrected chi connectivity index (χ4v) is 3.52. The number of rotatable bonds is 6. The molecule has 1 saturated heterocycles. The van der Waals surface area contributed by atoms with E-state index in [4.69, 9.17) is 0 Å². The third kappa shape index (κ3) is 4.64. The van der Waals surface area contributed by atoms with Crippen LogP contribution in [0.2, 0.25) is 0 Å². The molecule has 1 atom stereocenters. The maximum absolute atomic E-state index is 4.64. The second-order valence-electron chi connectivity index (χ2n) is 7.21. The molecular weight excluding hydrogens is 348 g/mol. The topological polar surface area (TPSA) is 66.0 Å². The minimum Gasteiger partial charge on any atom is -0.370 e. The molecule has 0 saturated carbocycles. The van der Waals surface area contributed by atoms with E-state index in [1.54, 1.807) is 6.33 Å². The highest BCUT2D eigenvalue weighted by molar-refractivity contribution is 5.57. The van der Waals surface area contributed by atoms with E-state index < -0.39 is 0 Å². The number of anilines is 2. The summed E-state index contributed by atoms with van der Waals surface area (Å²) in [4.78, 5) is 15.6. The Bertz CT molecular complexity index is 892. The Morgan fingerprint density at radius 1 is 1.11 bits per heavy atom. The highest BCUT2D eigenvalue weighted by Crippen LogP contribution is 2.20. The maximum Gasteiger partial charge on any atom is 0.226 e. The molecule has 0 amide bonds. The molecule has 1 unspecified atom stereocenters. The van der Waals surface area contributed by atoms with Crippen molar-refractivity contribution in [2.75, 3.05) is 30.4 Å². The van der Waals surface area contributed by atoms with E-state index in [-0.39, 0.29) is 0 Å². The van der Waals surface area contributed by atoms with Gasteiger partial charge in [0, 0.05) is 37.4 Å². The van der Waals surface area contributed by atoms with Crippen LogP contribution in [0.15, 0.2) is 60.9 Å². The summed E-state index contributed by atoms with van der Waals surface area (Å²) >= 11 is 0. The molecule has 0 spiro atoms. The molecule has 2 N–H and O–H groups in total. The quantitative estimate of drug-likeness (QED) is 0.690. The van der Waals surface area contributed by atoms with Crippen molar-refractivity contribution >= 4 is 11.6 Å². The Balaban J connectivity index is 1.48. The first kappa shape index (κ1) is 18.4. The van der Waals surface area contributed by atoms with E-state index in [0.717, 1.165) is 31.6 Å². The van der Waals surface area contributed by atoms with Gasteiger partial charge in [-0.05, 0) is 43.1 Å². The van der Waals surface area contributed by atoms with Crippen molar-refractivity contribution in [1.82, 2.24) is 20.3 Å². The van der Waals surface area contributed by atoms with Crippen LogP contribution in [-0.2, 0) is 6.54 Å². The van der Waals surface area contributed by atoms with Crippen LogP contribution in [0.5, 0.6) is 0 Å². The molecule has 0 radical (unpaired) electrons. The van der Waals surface area contributed by atoms with Gasteiger partial charge in [0.2, 0.25) is 5.95 Å². The molecule has 1 aromatic heterocycles. The summed E-state index contributed by atoms with van der Waals surface area (Å²) in [7, 11) is 2.10. The first-order valence-electron chi connectivity index (χ1n) is 9.80. The van der Waals surface area contributed by atoms with Gasteiger partial charge in [-0.1, -0.05) is 36.4 Å². The first-order chi connectivity index (χ1) is 13.8. The number of piperidine rings is 1. The van der Waals surface area contributed by atoms with Crippen molar-refractivity contribution in [1.29, 1.82) is 0 Å². The van der Waals surface area contributed by atoms with Gasteiger partial charge in [-0.25, -0.2) is 9.97 Å². The lowest BCUT2D eigenvalue weighted by Crippen LogP contribution is -2.38. The minimum atomic E-state index is 0.370. The van der Waals surface area contributed by atoms with E-state index in [0.29, 0.717) is 17.8 Å². The first-order valence-corrected chi connectivity index (χ1v) is 9.80. The molecule has 2 aromatic carbocycles. The second-order valence-corrected chi connectivity index (χ2v) is 7.21. The Morgan fingerprint density at radius 2 is 2.00 bits per heavy atom. The number of aromatic nitrogens is 3. The van der Waals surface area contributed by atoms with Gasteiger partial charge in [0.05, 0.1) is 0 Å². The van der Waals surface area contributed by atoms with Crippen molar-refractivity contribution in [3.8, 4) is 11.4 Å². The largest absolute Gasteiger partial charge is 0.370 e. The van der Waals surface area contributed by atoms with Gasteiger partial charge in [0.25, 0.3) is 0 Å². The lowest BCUT2D eigenvalue weighted by molar-refractivity contribution is 0.478. The smallest absolute Gasteiger partial charge is 0.226 e. The van der Waals surface area contributed by atoms with Crippen LogP contribution in [-0.4, -0.2) is 41.1 Å². The summed E-state index contributed by atoms with van der Waals surface area (Å²) < 4.78 is 0. The van der Waals surface area contributed by atoms with Crippen molar-refractivity contribution in [3.05, 3.63) is 66.5 Å². The predicted molar refractivity (Wildman–Crippen MR) is 113 cm³/mol. The van der Waals surface area contributed by atoms with E-state index in [1.165, 1.54) is 17.7 Å². The zero-order chi connectivity index (χ0) is 19.2. The molecule has 4 rings (SSSR count). The number of benzene rings is 2. The van der Waals surface area contributed by atoms with Gasteiger partial charge in [-0.3, -0.25) is 0 Å². The maximum atomic E-state index is 4.64. The molecule has 6 nitrogen and oxygen atoms in total. The number of nitrogens with one attached hydrogen (secondary N) is 2. The standard InChI is InChI=1S/C22H26N6/c1-28(20-10-3-2-4-11-20)15-17-7-5-8-18(13-17)21-24-16-25-22(27-21)26-19-9-6-12-23-14-19/h2-5,7-8,10-11,13,16,19,23H,6,9,12,14-15H2,1H3,(H,24,25,26,27). The van der Waals surface area contributed by atoms with Crippen LogP contribution in [0.1, 0.15) is 18.4 Å². The van der Waals surface area contributed by atoms with E-state index >= 15 is 0 Å². The second kappa shape index (κ2) is 8.80. The molecule has 2 heterocycles. The summed E-state index contributed by atoms with van der Waals surface area (Å²) in [5.74, 6) is 1.34. The highest BCUT2D eigenvalue weighted by Gasteiger charge is 2.14. The minimum absolute atomic E-state index is 0.370. The third-order valence-electron chi connectivity index (χ3n) is 5.00. The molecule has 0 aliphatic carbocycles. The molecule has 1 fully saturated rings. The van der Waals surface area contributed by atoms with Crippen molar-refractivity contribution in [3.63, 3.8) is 0 Å². The highest BCUT2D eigenvalue weighted by atomic mass is 15.2. The van der Waals surface area contributed by atoms with Crippen LogP contribution < -0.4 is 15.5 Å². The van der Waals surface area contributed by atoms with Gasteiger partial charge in [-0.2, -0.15) is 4.98 Å². The van der Waals surface area contributed by atoms with Gasteiger partial charge in [0.1, 0.15) is 6.33 Å². The molecular formula is C22H26N6. The van der Waals surface area contributed by atoms with Crippen molar-refractivity contribution < 1.29 is 0 Å². The molecule has 1 aliphatic rings. The summed E-state index contributed by atoms with van der Waals surface area (Å²) in [5.41, 5.74) is 3.42. The average Bonchev–Trinajstić information content (AvgIpc) is 2.75. The van der Waals surface area contributed by atoms with E-state index in [2.05, 4.69) is 80.0 Å². The van der Waals surface area contributed by atoms with Gasteiger partial charge < -0.3 is 15.5 Å². The Morgan fingerprint density at radius 3 is 2.82 bits per heavy atom. The van der Waals surface area contributed by atoms with E-state index in [1.807, 2.05) is 12.1 Å². The number of para-hydroxylation sites is 1. The fraction of sp³-hybridized carbons (Fsp3) is 0.318. The third-order valence-corrected chi connectivity index (χ3v) is 5.00. The van der Waals surface area contributed by atoms with Gasteiger partial charge >= 0.3 is 0 Å². The van der Waals surface area contributed by atoms with Gasteiger partial charge in [-0.15, -0.1) is 0 Å². The number of hydrogen-bond acceptors (Lipinski definition) is 6. The Kier molecular flexibility index (Phi) is 5.77. The summed E-state index contributed by atoms with van der Waals surface area (Å²) in [5, 5.41) is 6.83. The van der Waals surface area contributed by atoms with E-state index in [9.17, 15) is 0 Å². The number of nitrogens with zero attached hydrogens (tertiary/aromatic N) is 4. The molecule has 0 bridgehead atoms. The molecule has 6 heteroatoms. The zero-order valence-electron chi connectivity index (χ0n) is 16.2. The zero-order valence-corrected chi connectivity index (χ0v) is 16.2. The van der Waals surface area contributed by atoms with Crippen molar-refractivity contribution in [2.24, 2.45) is 0 Å². The number of hydrogen-bond donors (Lipinski definition) is 2. The van der Waals surface area contributed by atoms with Crippen LogP contribution in [0.3, 0.4) is 0 Å². The van der Waals surface area contributed by atoms with Crippen molar-refractivity contribution in [2.45, 2.75) is 25.4 Å². The van der Waals surface area contributed by atoms with Crippen LogP contribution in [0, 0.1) is 0 Å². The predicted octanol–water partition coefficient (Wildman–Crippen LogP) is 3.34. The summed E-state index contributed by atoms with van der Waals surface area (Å²) in [6.07, 6.45) is 3.89. The fourth-order valence-electron chi connectivity index (χ4n) is 3.52. The lowest BCUT2D eigenvalue weighted by Gasteiger charge is -2.23. The monoisotopic (exact) mass is 374 g/mol. The molecule has 3 aromatic rings. The van der Waals surface area contributed by atoms with Crippen LogP contribution >= 0.6 is 0 Å². The van der Waals surface area contributed by atoms with Crippen LogP contribution in [0.4, 0.5) is 11.6 Å². The Hall–Kier alpha value is -2.99. The summed E-state index contributed by atoms with van der Waals surface area (Å²) in [6, 6.07) is 19.2. The Labute approximate surface area is 166 Å². The molecule has 28 heavy (non-hydrogen) atoms. The molecule has 144 valence electrons. The van der Waals surface area contributed by atoms with Gasteiger partial charge in [0.15, 0.2) is 5.82 Å². The van der Waals surface area contributed by atoms with Crippen LogP contribution in [0.25, 0.3) is 11.4 Å². The molecule has 1 aliphatic heterocycles.